The molecule has 23 heavy (non-hydrogen) atoms. The maximum absolute atomic E-state index is 13.0. The molecule has 2 unspecified atom stereocenters. The lowest BCUT2D eigenvalue weighted by Crippen LogP contribution is -3.46. The lowest BCUT2D eigenvalue weighted by atomic mass is 9.59. The molecule has 4 fully saturated rings. The summed E-state index contributed by atoms with van der Waals surface area (Å²) in [6, 6.07) is 0. The predicted molar refractivity (Wildman–Crippen MR) is 80.7 cm³/mol. The van der Waals surface area contributed by atoms with Crippen molar-refractivity contribution in [1.82, 2.24) is 0 Å². The first-order valence-corrected chi connectivity index (χ1v) is 8.67. The molecule has 0 aliphatic carbocycles. The Bertz CT molecular complexity index is 469. The first kappa shape index (κ1) is 17.3. The number of rotatable bonds is 6. The van der Waals surface area contributed by atoms with E-state index in [9.17, 15) is 20.1 Å². The zero-order chi connectivity index (χ0) is 17.0. The molecule has 4 saturated heterocycles. The normalized spacial score (nSPS) is 46.0. The summed E-state index contributed by atoms with van der Waals surface area (Å²) in [5.74, 6) is 0.378. The Morgan fingerprint density at radius 1 is 1.17 bits per heavy atom. The number of carbonyl (C=O) groups is 1. The highest BCUT2D eigenvalue weighted by atomic mass is 16.4. The van der Waals surface area contributed by atoms with E-state index in [0.29, 0.717) is 32.0 Å². The number of Topliss-reactive ketones (excluding diaryl/α,β-unsaturated/α-hetero) is 1. The van der Waals surface area contributed by atoms with Crippen molar-refractivity contribution >= 4 is 5.78 Å². The summed E-state index contributed by atoms with van der Waals surface area (Å²) in [6.07, 6.45) is -2.24. The van der Waals surface area contributed by atoms with E-state index in [4.69, 9.17) is 5.11 Å². The number of aliphatic hydroxyl groups excluding tert-OH is 4. The van der Waals surface area contributed by atoms with Gasteiger partial charge in [-0.2, -0.15) is 0 Å². The number of piperidine rings is 2. The van der Waals surface area contributed by atoms with Crippen molar-refractivity contribution in [2.24, 2.45) is 10.8 Å². The molecule has 0 amide bonds. The Morgan fingerprint density at radius 2 is 1.74 bits per heavy atom. The molecule has 0 radical (unpaired) electrons. The SMILES string of the molecule is CCCC12C[NH+]3CC(C)(C[NH+](C1)C3[C@H](O)[C@H](O)[C@H](O)CO)C2=O. The third kappa shape index (κ3) is 2.45. The molecule has 5 atom stereocenters. The number of hydrogen-bond acceptors (Lipinski definition) is 5. The van der Waals surface area contributed by atoms with Crippen LogP contribution in [0.5, 0.6) is 0 Å². The Labute approximate surface area is 136 Å². The van der Waals surface area contributed by atoms with Crippen LogP contribution in [-0.2, 0) is 4.79 Å². The Morgan fingerprint density at radius 3 is 2.22 bits per heavy atom. The van der Waals surface area contributed by atoms with Gasteiger partial charge in [-0.05, 0) is 13.3 Å². The lowest BCUT2D eigenvalue weighted by Gasteiger charge is -2.60. The van der Waals surface area contributed by atoms with E-state index in [1.165, 1.54) is 0 Å². The molecular formula is C16H30N2O5+2. The Balaban J connectivity index is 1.86. The van der Waals surface area contributed by atoms with E-state index in [0.717, 1.165) is 22.6 Å². The molecule has 7 nitrogen and oxygen atoms in total. The van der Waals surface area contributed by atoms with Gasteiger partial charge in [0, 0.05) is 0 Å². The Hall–Kier alpha value is -0.570. The average molecular weight is 330 g/mol. The summed E-state index contributed by atoms with van der Waals surface area (Å²) < 4.78 is 0. The molecule has 0 aromatic heterocycles. The highest BCUT2D eigenvalue weighted by Crippen LogP contribution is 2.38. The van der Waals surface area contributed by atoms with E-state index >= 15 is 0 Å². The van der Waals surface area contributed by atoms with Crippen LogP contribution in [0.3, 0.4) is 0 Å². The van der Waals surface area contributed by atoms with Gasteiger partial charge in [-0.3, -0.25) is 14.6 Å². The van der Waals surface area contributed by atoms with Crippen molar-refractivity contribution in [3.05, 3.63) is 0 Å². The summed E-state index contributed by atoms with van der Waals surface area (Å²) in [5, 5.41) is 39.3. The van der Waals surface area contributed by atoms with Crippen LogP contribution < -0.4 is 9.80 Å². The first-order valence-electron chi connectivity index (χ1n) is 8.67. The molecule has 6 N–H and O–H groups in total. The van der Waals surface area contributed by atoms with Gasteiger partial charge in [0.1, 0.15) is 36.1 Å². The van der Waals surface area contributed by atoms with Crippen LogP contribution >= 0.6 is 0 Å². The topological polar surface area (TPSA) is 107 Å². The van der Waals surface area contributed by atoms with Crippen LogP contribution in [-0.4, -0.2) is 83.5 Å². The van der Waals surface area contributed by atoms with Crippen molar-refractivity contribution < 1.29 is 35.0 Å². The molecule has 0 saturated carbocycles. The number of aliphatic hydroxyl groups is 4. The van der Waals surface area contributed by atoms with Crippen LogP contribution in [0.15, 0.2) is 0 Å². The van der Waals surface area contributed by atoms with Crippen LogP contribution in [0, 0.1) is 10.8 Å². The molecule has 4 rings (SSSR count). The second-order valence-corrected chi connectivity index (χ2v) is 8.15. The molecule has 4 aliphatic heterocycles. The standard InChI is InChI=1S/C16H28N2O5/c1-3-4-16-8-17-6-15(2,14(16)23)7-18(9-16)13(17)12(22)11(21)10(20)5-19/h10-13,19-22H,3-9H2,1-2H3/p+2/t10-,11-,12-,13?,15?,16?/m1/s1. The third-order valence-corrected chi connectivity index (χ3v) is 6.28. The number of carbonyl (C=O) groups excluding carboxylic acids is 1. The number of hydrogen-bond donors (Lipinski definition) is 6. The zero-order valence-corrected chi connectivity index (χ0v) is 14.0. The van der Waals surface area contributed by atoms with Gasteiger partial charge in [0.15, 0.2) is 11.9 Å². The fourth-order valence-electron chi connectivity index (χ4n) is 5.60. The van der Waals surface area contributed by atoms with E-state index in [-0.39, 0.29) is 17.0 Å². The van der Waals surface area contributed by atoms with Gasteiger partial charge in [-0.1, -0.05) is 13.3 Å². The second-order valence-electron chi connectivity index (χ2n) is 8.15. The van der Waals surface area contributed by atoms with Gasteiger partial charge in [-0.25, -0.2) is 0 Å². The molecule has 4 bridgehead atoms. The third-order valence-electron chi connectivity index (χ3n) is 6.28. The van der Waals surface area contributed by atoms with Crippen LogP contribution in [0.1, 0.15) is 26.7 Å². The van der Waals surface area contributed by atoms with Gasteiger partial charge in [-0.15, -0.1) is 0 Å². The van der Waals surface area contributed by atoms with Crippen molar-refractivity contribution in [3.8, 4) is 0 Å². The summed E-state index contributed by atoms with van der Waals surface area (Å²) >= 11 is 0. The maximum atomic E-state index is 13.0. The fourth-order valence-corrected chi connectivity index (χ4v) is 5.60. The molecule has 4 aliphatic rings. The molecule has 7 heteroatoms. The number of nitrogens with one attached hydrogen (secondary N) is 2. The molecular weight excluding hydrogens is 300 g/mol. The largest absolute Gasteiger partial charge is 0.394 e. The minimum absolute atomic E-state index is 0.252. The number of quaternary nitrogens is 2. The van der Waals surface area contributed by atoms with Gasteiger partial charge in [0.05, 0.1) is 19.7 Å². The monoisotopic (exact) mass is 330 g/mol. The second kappa shape index (κ2) is 5.75. The molecule has 0 spiro atoms. The van der Waals surface area contributed by atoms with Gasteiger partial charge >= 0.3 is 0 Å². The quantitative estimate of drug-likeness (QED) is 0.295. The summed E-state index contributed by atoms with van der Waals surface area (Å²) in [5.41, 5.74) is -0.658. The minimum atomic E-state index is -1.37. The van der Waals surface area contributed by atoms with Gasteiger partial charge < -0.3 is 20.4 Å². The Kier molecular flexibility index (Phi) is 4.32. The van der Waals surface area contributed by atoms with E-state index in [1.54, 1.807) is 0 Å². The van der Waals surface area contributed by atoms with Crippen LogP contribution in [0.2, 0.25) is 0 Å². The zero-order valence-electron chi connectivity index (χ0n) is 14.0. The predicted octanol–water partition coefficient (Wildman–Crippen LogP) is -4.44. The van der Waals surface area contributed by atoms with Crippen molar-refractivity contribution in [2.45, 2.75) is 51.2 Å². The maximum Gasteiger partial charge on any atom is 0.242 e. The molecule has 0 aromatic carbocycles. The summed E-state index contributed by atoms with van der Waals surface area (Å²) in [6.45, 7) is 6.28. The van der Waals surface area contributed by atoms with E-state index in [1.807, 2.05) is 6.92 Å². The minimum Gasteiger partial charge on any atom is -0.394 e. The molecule has 132 valence electrons. The number of ketones is 1. The van der Waals surface area contributed by atoms with Crippen LogP contribution in [0.25, 0.3) is 0 Å². The average Bonchev–Trinajstić information content (AvgIpc) is 2.49. The molecule has 4 heterocycles. The summed E-state index contributed by atoms with van der Waals surface area (Å²) in [7, 11) is 0. The summed E-state index contributed by atoms with van der Waals surface area (Å²) in [4.78, 5) is 15.2. The fraction of sp³-hybridized carbons (Fsp3) is 0.938. The first-order chi connectivity index (χ1) is 10.8. The van der Waals surface area contributed by atoms with Crippen molar-refractivity contribution in [3.63, 3.8) is 0 Å². The van der Waals surface area contributed by atoms with Gasteiger partial charge in [0.25, 0.3) is 0 Å². The lowest BCUT2D eigenvalue weighted by molar-refractivity contribution is -1.17. The molecule has 0 aromatic rings. The van der Waals surface area contributed by atoms with Crippen molar-refractivity contribution in [2.75, 3.05) is 32.8 Å². The van der Waals surface area contributed by atoms with E-state index in [2.05, 4.69) is 6.92 Å². The van der Waals surface area contributed by atoms with Crippen LogP contribution in [0.4, 0.5) is 0 Å². The van der Waals surface area contributed by atoms with Crippen molar-refractivity contribution in [1.29, 1.82) is 0 Å². The smallest absolute Gasteiger partial charge is 0.242 e. The van der Waals surface area contributed by atoms with Gasteiger partial charge in [0.2, 0.25) is 6.17 Å². The highest BCUT2D eigenvalue weighted by molar-refractivity contribution is 5.91. The highest BCUT2D eigenvalue weighted by Gasteiger charge is 2.70. The van der Waals surface area contributed by atoms with E-state index < -0.39 is 24.9 Å².